The normalized spacial score (nSPS) is 13.5. The minimum absolute atomic E-state index is 0.00704. The Kier molecular flexibility index (Phi) is 4.50. The average Bonchev–Trinajstić information content (AvgIpc) is 3.23. The topological polar surface area (TPSA) is 71.1 Å². The van der Waals surface area contributed by atoms with Crippen LogP contribution in [0, 0.1) is 20.8 Å². The van der Waals surface area contributed by atoms with Gasteiger partial charge in [0.15, 0.2) is 0 Å². The molecule has 2 aromatic heterocycles. The van der Waals surface area contributed by atoms with Gasteiger partial charge in [0, 0.05) is 30.0 Å². The van der Waals surface area contributed by atoms with Crippen molar-refractivity contribution in [2.24, 2.45) is 0 Å². The van der Waals surface area contributed by atoms with Gasteiger partial charge in [0.1, 0.15) is 5.75 Å². The molecule has 0 bridgehead atoms. The van der Waals surface area contributed by atoms with Gasteiger partial charge in [0.2, 0.25) is 0 Å². The molecule has 6 nitrogen and oxygen atoms in total. The van der Waals surface area contributed by atoms with Crippen molar-refractivity contribution in [3.63, 3.8) is 0 Å². The molecule has 0 saturated carbocycles. The number of nitrogens with one attached hydrogen (secondary N) is 1. The molecule has 0 radical (unpaired) electrons. The first-order chi connectivity index (χ1) is 15.0. The average molecular weight is 412 g/mol. The van der Waals surface area contributed by atoms with Crippen molar-refractivity contribution in [2.45, 2.75) is 27.2 Å². The standard InChI is InChI=1S/C25H24N4O2/c1-14-5-7-17(31-4)12-22(14)29-10-9-20-24(25(29)30)16(3)11-21(27-20)23-15(2)6-8-19-18(23)13-26-28-19/h5-8,11-13H,9-10H2,1-4H3,(H,26,28). The van der Waals surface area contributed by atoms with Crippen molar-refractivity contribution in [1.29, 1.82) is 0 Å². The third-order valence-corrected chi connectivity index (χ3v) is 6.12. The van der Waals surface area contributed by atoms with Gasteiger partial charge >= 0.3 is 0 Å². The zero-order valence-corrected chi connectivity index (χ0v) is 18.1. The van der Waals surface area contributed by atoms with Crippen molar-refractivity contribution in [3.05, 3.63) is 70.5 Å². The van der Waals surface area contributed by atoms with Crippen molar-refractivity contribution in [3.8, 4) is 17.0 Å². The van der Waals surface area contributed by atoms with Crippen LogP contribution in [0.15, 0.2) is 42.6 Å². The van der Waals surface area contributed by atoms with Crippen molar-refractivity contribution in [1.82, 2.24) is 15.2 Å². The SMILES string of the molecule is COc1ccc(C)c(N2CCc3nc(-c4c(C)ccc5[nH]ncc45)cc(C)c3C2=O)c1. The fourth-order valence-electron chi connectivity index (χ4n) is 4.50. The van der Waals surface area contributed by atoms with Gasteiger partial charge in [0.05, 0.1) is 41.5 Å². The summed E-state index contributed by atoms with van der Waals surface area (Å²) in [6.45, 7) is 6.68. The first-order valence-corrected chi connectivity index (χ1v) is 10.4. The summed E-state index contributed by atoms with van der Waals surface area (Å²) in [6.07, 6.45) is 2.54. The molecule has 0 spiro atoms. The predicted molar refractivity (Wildman–Crippen MR) is 122 cm³/mol. The zero-order valence-electron chi connectivity index (χ0n) is 18.1. The van der Waals surface area contributed by atoms with E-state index < -0.39 is 0 Å². The fourth-order valence-corrected chi connectivity index (χ4v) is 4.50. The van der Waals surface area contributed by atoms with E-state index in [0.29, 0.717) is 18.5 Å². The summed E-state index contributed by atoms with van der Waals surface area (Å²) in [5.74, 6) is 0.737. The zero-order chi connectivity index (χ0) is 21.7. The summed E-state index contributed by atoms with van der Waals surface area (Å²) in [4.78, 5) is 20.3. The van der Waals surface area contributed by atoms with Crippen LogP contribution in [0.1, 0.15) is 32.7 Å². The molecule has 31 heavy (non-hydrogen) atoms. The summed E-state index contributed by atoms with van der Waals surface area (Å²) in [5, 5.41) is 8.27. The molecule has 2 aromatic carbocycles. The molecule has 0 fully saturated rings. The molecule has 0 unspecified atom stereocenters. The summed E-state index contributed by atoms with van der Waals surface area (Å²) >= 11 is 0. The van der Waals surface area contributed by atoms with Gasteiger partial charge in [-0.3, -0.25) is 14.9 Å². The van der Waals surface area contributed by atoms with E-state index in [1.807, 2.05) is 55.3 Å². The Morgan fingerprint density at radius 2 is 1.81 bits per heavy atom. The molecule has 0 aliphatic carbocycles. The number of amides is 1. The number of rotatable bonds is 3. The summed E-state index contributed by atoms with van der Waals surface area (Å²) in [5.41, 5.74) is 8.50. The second-order valence-corrected chi connectivity index (χ2v) is 8.09. The number of anilines is 1. The van der Waals surface area contributed by atoms with Crippen LogP contribution in [0.3, 0.4) is 0 Å². The number of H-pyrrole nitrogens is 1. The number of fused-ring (bicyclic) bond motifs is 2. The van der Waals surface area contributed by atoms with E-state index in [9.17, 15) is 4.79 Å². The number of carbonyl (C=O) groups is 1. The van der Waals surface area contributed by atoms with Crippen LogP contribution in [0.4, 0.5) is 5.69 Å². The lowest BCUT2D eigenvalue weighted by Gasteiger charge is -2.31. The Hall–Kier alpha value is -3.67. The molecule has 0 saturated heterocycles. The van der Waals surface area contributed by atoms with Crippen LogP contribution in [0.25, 0.3) is 22.2 Å². The molecule has 1 N–H and O–H groups in total. The molecule has 1 amide bonds. The number of nitrogens with zero attached hydrogens (tertiary/aromatic N) is 3. The highest BCUT2D eigenvalue weighted by atomic mass is 16.5. The number of aryl methyl sites for hydroxylation is 3. The third kappa shape index (κ3) is 3.06. The molecular weight excluding hydrogens is 388 g/mol. The molecule has 3 heterocycles. The van der Waals surface area contributed by atoms with Crippen LogP contribution < -0.4 is 9.64 Å². The van der Waals surface area contributed by atoms with Gasteiger partial charge in [-0.25, -0.2) is 0 Å². The number of carbonyl (C=O) groups excluding carboxylic acids is 1. The fraction of sp³-hybridized carbons (Fsp3) is 0.240. The predicted octanol–water partition coefficient (Wildman–Crippen LogP) is 4.76. The molecule has 156 valence electrons. The van der Waals surface area contributed by atoms with Crippen LogP contribution in [-0.2, 0) is 6.42 Å². The lowest BCUT2D eigenvalue weighted by atomic mass is 9.94. The van der Waals surface area contributed by atoms with Gasteiger partial charge in [-0.15, -0.1) is 0 Å². The highest BCUT2D eigenvalue weighted by Crippen LogP contribution is 2.35. The number of methoxy groups -OCH3 is 1. The van der Waals surface area contributed by atoms with E-state index in [0.717, 1.165) is 56.0 Å². The monoisotopic (exact) mass is 412 g/mol. The minimum Gasteiger partial charge on any atom is -0.497 e. The van der Waals surface area contributed by atoms with E-state index in [4.69, 9.17) is 9.72 Å². The Labute approximate surface area is 180 Å². The maximum atomic E-state index is 13.5. The highest BCUT2D eigenvalue weighted by molar-refractivity contribution is 6.09. The largest absolute Gasteiger partial charge is 0.497 e. The smallest absolute Gasteiger partial charge is 0.260 e. The van der Waals surface area contributed by atoms with Crippen LogP contribution in [0.2, 0.25) is 0 Å². The van der Waals surface area contributed by atoms with Gasteiger partial charge in [0.25, 0.3) is 5.91 Å². The first kappa shape index (κ1) is 19.3. The van der Waals surface area contributed by atoms with E-state index in [1.165, 1.54) is 0 Å². The second kappa shape index (κ2) is 7.23. The van der Waals surface area contributed by atoms with Gasteiger partial charge in [-0.05, 0) is 55.7 Å². The number of benzene rings is 2. The number of hydrogen-bond acceptors (Lipinski definition) is 4. The van der Waals surface area contributed by atoms with Gasteiger partial charge < -0.3 is 9.64 Å². The van der Waals surface area contributed by atoms with Crippen molar-refractivity contribution < 1.29 is 9.53 Å². The van der Waals surface area contributed by atoms with Crippen molar-refractivity contribution in [2.75, 3.05) is 18.6 Å². The number of aromatic nitrogens is 3. The van der Waals surface area contributed by atoms with E-state index >= 15 is 0 Å². The lowest BCUT2D eigenvalue weighted by Crippen LogP contribution is -2.39. The van der Waals surface area contributed by atoms with Crippen LogP contribution >= 0.6 is 0 Å². The molecule has 4 aromatic rings. The van der Waals surface area contributed by atoms with Crippen molar-refractivity contribution >= 4 is 22.5 Å². The second-order valence-electron chi connectivity index (χ2n) is 8.09. The highest BCUT2D eigenvalue weighted by Gasteiger charge is 2.30. The molecule has 6 heteroatoms. The van der Waals surface area contributed by atoms with E-state index in [2.05, 4.69) is 23.2 Å². The molecule has 5 rings (SSSR count). The molecule has 0 atom stereocenters. The van der Waals surface area contributed by atoms with Crippen LogP contribution in [-0.4, -0.2) is 34.7 Å². The maximum Gasteiger partial charge on any atom is 0.260 e. The van der Waals surface area contributed by atoms with Crippen LogP contribution in [0.5, 0.6) is 5.75 Å². The Bertz CT molecular complexity index is 1340. The van der Waals surface area contributed by atoms with E-state index in [-0.39, 0.29) is 5.91 Å². The lowest BCUT2D eigenvalue weighted by molar-refractivity contribution is 0.0979. The Morgan fingerprint density at radius 1 is 1.00 bits per heavy atom. The minimum atomic E-state index is -0.00704. The number of pyridine rings is 1. The quantitative estimate of drug-likeness (QED) is 0.527. The van der Waals surface area contributed by atoms with Gasteiger partial charge in [-0.2, -0.15) is 5.10 Å². The summed E-state index contributed by atoms with van der Waals surface area (Å²) < 4.78 is 5.38. The number of aromatic amines is 1. The Morgan fingerprint density at radius 3 is 2.61 bits per heavy atom. The Balaban J connectivity index is 1.60. The van der Waals surface area contributed by atoms with E-state index in [1.54, 1.807) is 7.11 Å². The third-order valence-electron chi connectivity index (χ3n) is 6.12. The van der Waals surface area contributed by atoms with Gasteiger partial charge in [-0.1, -0.05) is 12.1 Å². The molecule has 1 aliphatic rings. The first-order valence-electron chi connectivity index (χ1n) is 10.4. The maximum absolute atomic E-state index is 13.5. The molecular formula is C25H24N4O2. The number of ether oxygens (including phenoxy) is 1. The summed E-state index contributed by atoms with van der Waals surface area (Å²) in [7, 11) is 1.64. The molecule has 1 aliphatic heterocycles. The summed E-state index contributed by atoms with van der Waals surface area (Å²) in [6, 6.07) is 12.0. The number of hydrogen-bond donors (Lipinski definition) is 1.